The van der Waals surface area contributed by atoms with Crippen LogP contribution in [0, 0.1) is 0 Å². The lowest BCUT2D eigenvalue weighted by molar-refractivity contribution is 0.403. The molecule has 0 aliphatic carbocycles. The lowest BCUT2D eigenvalue weighted by Gasteiger charge is -2.03. The summed E-state index contributed by atoms with van der Waals surface area (Å²) in [6.45, 7) is 0. The van der Waals surface area contributed by atoms with Gasteiger partial charge in [0.2, 0.25) is 0 Å². The van der Waals surface area contributed by atoms with Crippen LogP contribution in [-0.4, -0.2) is 16.4 Å². The Bertz CT molecular complexity index is 657. The molecular weight excluding hydrogens is 309 g/mol. The van der Waals surface area contributed by atoms with E-state index < -0.39 is 0 Å². The summed E-state index contributed by atoms with van der Waals surface area (Å²) in [4.78, 5) is 4.11. The third-order valence-electron chi connectivity index (χ3n) is 2.36. The quantitative estimate of drug-likeness (QED) is 0.617. The number of rotatable bonds is 2. The highest BCUT2D eigenvalue weighted by atomic mass is 35.5. The molecule has 0 fully saturated rings. The Hall–Kier alpha value is -1.42. The van der Waals surface area contributed by atoms with Crippen LogP contribution in [0.25, 0.3) is 0 Å². The third kappa shape index (κ3) is 3.13. The van der Waals surface area contributed by atoms with E-state index in [1.807, 2.05) is 0 Å². The number of phenolic OH excluding ortho intramolecular Hbond substituents is 2. The molecule has 0 amide bonds. The van der Waals surface area contributed by atoms with Crippen molar-refractivity contribution in [3.63, 3.8) is 0 Å². The normalized spacial score (nSPS) is 11.1. The minimum atomic E-state index is -0.314. The zero-order chi connectivity index (χ0) is 14.0. The maximum Gasteiger partial charge on any atom is 0.166 e. The van der Waals surface area contributed by atoms with Crippen molar-refractivity contribution in [1.82, 2.24) is 0 Å². The maximum absolute atomic E-state index is 9.66. The summed E-state index contributed by atoms with van der Waals surface area (Å²) in [7, 11) is 0. The Balaban J connectivity index is 2.41. The van der Waals surface area contributed by atoms with E-state index >= 15 is 0 Å². The molecule has 19 heavy (non-hydrogen) atoms. The first-order chi connectivity index (χ1) is 8.99. The molecule has 0 unspecified atom stereocenters. The van der Waals surface area contributed by atoms with E-state index in [1.165, 1.54) is 18.3 Å². The summed E-state index contributed by atoms with van der Waals surface area (Å²) < 4.78 is 0. The standard InChI is InChI=1S/C13H8Cl3NO2/c14-8-4-7(13(19)11(18)5-8)6-17-10-3-1-2-9(15)12(10)16/h1-6,18-19H. The highest BCUT2D eigenvalue weighted by Gasteiger charge is 2.07. The summed E-state index contributed by atoms with van der Waals surface area (Å²) in [6.07, 6.45) is 1.35. The Morgan fingerprint density at radius 3 is 2.53 bits per heavy atom. The van der Waals surface area contributed by atoms with Gasteiger partial charge in [-0.15, -0.1) is 0 Å². The highest BCUT2D eigenvalue weighted by molar-refractivity contribution is 6.43. The Labute approximate surface area is 124 Å². The lowest BCUT2D eigenvalue weighted by Crippen LogP contribution is -1.84. The van der Waals surface area contributed by atoms with Crippen molar-refractivity contribution in [2.75, 3.05) is 0 Å². The van der Waals surface area contributed by atoms with Gasteiger partial charge in [0.05, 0.1) is 15.7 Å². The van der Waals surface area contributed by atoms with Crippen LogP contribution in [-0.2, 0) is 0 Å². The van der Waals surface area contributed by atoms with Gasteiger partial charge in [-0.25, -0.2) is 0 Å². The van der Waals surface area contributed by atoms with E-state index in [0.717, 1.165) is 0 Å². The van der Waals surface area contributed by atoms with Gasteiger partial charge >= 0.3 is 0 Å². The van der Waals surface area contributed by atoms with Gasteiger partial charge in [-0.3, -0.25) is 4.99 Å². The zero-order valence-corrected chi connectivity index (χ0v) is 11.7. The Morgan fingerprint density at radius 2 is 1.79 bits per heavy atom. The summed E-state index contributed by atoms with van der Waals surface area (Å²) in [6, 6.07) is 7.73. The van der Waals surface area contributed by atoms with Crippen LogP contribution in [0.15, 0.2) is 35.3 Å². The van der Waals surface area contributed by atoms with E-state index in [0.29, 0.717) is 15.7 Å². The number of aromatic hydroxyl groups is 2. The van der Waals surface area contributed by atoms with Gasteiger partial charge in [0.25, 0.3) is 0 Å². The van der Waals surface area contributed by atoms with Crippen LogP contribution in [0.4, 0.5) is 5.69 Å². The van der Waals surface area contributed by atoms with E-state index in [9.17, 15) is 10.2 Å². The number of aliphatic imine (C=N–C) groups is 1. The van der Waals surface area contributed by atoms with Crippen LogP contribution < -0.4 is 0 Å². The first kappa shape index (κ1) is 14.0. The van der Waals surface area contributed by atoms with Crippen LogP contribution in [0.5, 0.6) is 11.5 Å². The average molecular weight is 317 g/mol. The second-order valence-electron chi connectivity index (χ2n) is 3.69. The molecule has 98 valence electrons. The topological polar surface area (TPSA) is 52.8 Å². The van der Waals surface area contributed by atoms with Crippen LogP contribution >= 0.6 is 34.8 Å². The summed E-state index contributed by atoms with van der Waals surface area (Å²) in [5.41, 5.74) is 0.731. The molecule has 6 heteroatoms. The number of benzene rings is 2. The second kappa shape index (κ2) is 5.70. The number of nitrogens with zero attached hydrogens (tertiary/aromatic N) is 1. The zero-order valence-electron chi connectivity index (χ0n) is 9.44. The minimum Gasteiger partial charge on any atom is -0.504 e. The maximum atomic E-state index is 9.66. The van der Waals surface area contributed by atoms with Gasteiger partial charge < -0.3 is 10.2 Å². The Kier molecular flexibility index (Phi) is 4.20. The molecule has 2 rings (SSSR count). The molecule has 0 atom stereocenters. The largest absolute Gasteiger partial charge is 0.504 e. The fourth-order valence-electron chi connectivity index (χ4n) is 1.44. The Morgan fingerprint density at radius 1 is 1.05 bits per heavy atom. The molecule has 0 bridgehead atoms. The fourth-order valence-corrected chi connectivity index (χ4v) is 2.00. The van der Waals surface area contributed by atoms with E-state index in [2.05, 4.69) is 4.99 Å². The summed E-state index contributed by atoms with van der Waals surface area (Å²) >= 11 is 17.6. The molecule has 2 aromatic carbocycles. The van der Waals surface area contributed by atoms with E-state index in [1.54, 1.807) is 18.2 Å². The van der Waals surface area contributed by atoms with Crippen molar-refractivity contribution in [3.05, 3.63) is 51.0 Å². The van der Waals surface area contributed by atoms with Gasteiger partial charge in [-0.1, -0.05) is 40.9 Å². The van der Waals surface area contributed by atoms with Crippen molar-refractivity contribution >= 4 is 46.7 Å². The summed E-state index contributed by atoms with van der Waals surface area (Å²) in [5.74, 6) is -0.613. The first-order valence-electron chi connectivity index (χ1n) is 5.18. The number of hydrogen-bond acceptors (Lipinski definition) is 3. The van der Waals surface area contributed by atoms with Crippen molar-refractivity contribution < 1.29 is 10.2 Å². The molecule has 2 N–H and O–H groups in total. The highest BCUT2D eigenvalue weighted by Crippen LogP contribution is 2.34. The molecule has 0 heterocycles. The van der Waals surface area contributed by atoms with E-state index in [-0.39, 0.29) is 22.1 Å². The number of hydrogen-bond donors (Lipinski definition) is 2. The van der Waals surface area contributed by atoms with Crippen LogP contribution in [0.3, 0.4) is 0 Å². The molecule has 0 spiro atoms. The third-order valence-corrected chi connectivity index (χ3v) is 3.39. The lowest BCUT2D eigenvalue weighted by atomic mass is 10.2. The van der Waals surface area contributed by atoms with E-state index in [4.69, 9.17) is 34.8 Å². The number of phenols is 2. The molecule has 0 aliphatic heterocycles. The smallest absolute Gasteiger partial charge is 0.166 e. The molecule has 0 saturated heterocycles. The molecule has 0 aromatic heterocycles. The van der Waals surface area contributed by atoms with Crippen LogP contribution in [0.1, 0.15) is 5.56 Å². The van der Waals surface area contributed by atoms with Gasteiger partial charge in [0.15, 0.2) is 11.5 Å². The van der Waals surface area contributed by atoms with Gasteiger partial charge in [-0.2, -0.15) is 0 Å². The predicted octanol–water partition coefficient (Wildman–Crippen LogP) is 4.81. The molecule has 0 aliphatic rings. The average Bonchev–Trinajstić information content (AvgIpc) is 2.36. The molecular formula is C13H8Cl3NO2. The molecule has 0 radical (unpaired) electrons. The first-order valence-corrected chi connectivity index (χ1v) is 6.32. The molecule has 3 nitrogen and oxygen atoms in total. The SMILES string of the molecule is Oc1cc(Cl)cc(C=Nc2cccc(Cl)c2Cl)c1O. The van der Waals surface area contributed by atoms with Crippen molar-refractivity contribution in [2.24, 2.45) is 4.99 Å². The van der Waals surface area contributed by atoms with Gasteiger partial charge in [0, 0.05) is 22.9 Å². The summed E-state index contributed by atoms with van der Waals surface area (Å²) in [5, 5.41) is 20.1. The monoisotopic (exact) mass is 315 g/mol. The van der Waals surface area contributed by atoms with Gasteiger partial charge in [-0.05, 0) is 18.2 Å². The van der Waals surface area contributed by atoms with Crippen molar-refractivity contribution in [1.29, 1.82) is 0 Å². The van der Waals surface area contributed by atoms with Crippen LogP contribution in [0.2, 0.25) is 15.1 Å². The van der Waals surface area contributed by atoms with Gasteiger partial charge in [0.1, 0.15) is 0 Å². The number of halogens is 3. The molecule has 2 aromatic rings. The second-order valence-corrected chi connectivity index (χ2v) is 4.92. The predicted molar refractivity (Wildman–Crippen MR) is 78.5 cm³/mol. The molecule has 0 saturated carbocycles. The van der Waals surface area contributed by atoms with Crippen molar-refractivity contribution in [2.45, 2.75) is 0 Å². The van der Waals surface area contributed by atoms with Crippen molar-refractivity contribution in [3.8, 4) is 11.5 Å². The fraction of sp³-hybridized carbons (Fsp3) is 0. The minimum absolute atomic E-state index is 0.279.